The van der Waals surface area contributed by atoms with E-state index >= 15 is 0 Å². The van der Waals surface area contributed by atoms with Crippen LogP contribution in [0.3, 0.4) is 0 Å². The second-order valence-electron chi connectivity index (χ2n) is 11.2. The molecule has 0 unspecified atom stereocenters. The molecule has 0 saturated carbocycles. The predicted octanol–water partition coefficient (Wildman–Crippen LogP) is 2.59. The number of nitrogens with one attached hydrogen (secondary N) is 1. The summed E-state index contributed by atoms with van der Waals surface area (Å²) in [6.45, 7) is 4.67. The summed E-state index contributed by atoms with van der Waals surface area (Å²) in [5, 5.41) is 0. The van der Waals surface area contributed by atoms with Crippen LogP contribution in [0.2, 0.25) is 0 Å². The van der Waals surface area contributed by atoms with Crippen molar-refractivity contribution in [1.29, 1.82) is 0 Å². The topological polar surface area (TPSA) is 238 Å². The molecule has 0 fully saturated rings. The molecule has 6 heterocycles. The molecule has 260 valence electrons. The summed E-state index contributed by atoms with van der Waals surface area (Å²) >= 11 is 3.45. The van der Waals surface area contributed by atoms with Crippen LogP contribution in [0.5, 0.6) is 0 Å². The Morgan fingerprint density at radius 3 is 1.80 bits per heavy atom. The monoisotopic (exact) mass is 746 g/mol. The Morgan fingerprint density at radius 1 is 0.760 bits per heavy atom. The normalized spacial score (nSPS) is 11.0. The van der Waals surface area contributed by atoms with Crippen LogP contribution in [-0.2, 0) is 45.0 Å². The van der Waals surface area contributed by atoms with Crippen molar-refractivity contribution in [3.8, 4) is 0 Å². The van der Waals surface area contributed by atoms with E-state index in [4.69, 9.17) is 11.5 Å². The first-order valence-corrected chi connectivity index (χ1v) is 16.1. The fourth-order valence-corrected chi connectivity index (χ4v) is 5.30. The van der Waals surface area contributed by atoms with Crippen molar-refractivity contribution in [2.45, 2.75) is 52.6 Å². The van der Waals surface area contributed by atoms with Gasteiger partial charge >= 0.3 is 17.6 Å². The lowest BCUT2D eigenvalue weighted by atomic mass is 10.2. The predicted molar refractivity (Wildman–Crippen MR) is 187 cm³/mol. The minimum Gasteiger partial charge on any atom is -0.469 e. The highest BCUT2D eigenvalue weighted by molar-refractivity contribution is 9.10. The highest BCUT2D eigenvalue weighted by Gasteiger charge is 2.17. The number of pyridine rings is 2. The summed E-state index contributed by atoms with van der Waals surface area (Å²) in [5.74, 6) is 0.632. The molecule has 6 aromatic rings. The molecular weight excluding hydrogens is 712 g/mol. The number of nitrogens with two attached hydrogens (primary N) is 2. The zero-order chi connectivity index (χ0) is 35.9. The molecule has 50 heavy (non-hydrogen) atoms. The summed E-state index contributed by atoms with van der Waals surface area (Å²) in [6, 6.07) is 7.73. The van der Waals surface area contributed by atoms with Crippen molar-refractivity contribution in [1.82, 2.24) is 49.0 Å². The number of fused-ring (bicyclic) bond motifs is 2. The van der Waals surface area contributed by atoms with Gasteiger partial charge in [-0.15, -0.1) is 0 Å². The van der Waals surface area contributed by atoms with E-state index in [1.807, 2.05) is 48.9 Å². The molecule has 6 aromatic heterocycles. The summed E-state index contributed by atoms with van der Waals surface area (Å²) < 4.78 is 13.2. The molecular formula is C32H35BrN12O5. The van der Waals surface area contributed by atoms with Gasteiger partial charge in [-0.25, -0.2) is 29.7 Å². The molecule has 0 radical (unpaired) electrons. The summed E-state index contributed by atoms with van der Waals surface area (Å²) in [6.07, 6.45) is 4.48. The first-order valence-electron chi connectivity index (χ1n) is 15.4. The molecule has 0 aliphatic rings. The quantitative estimate of drug-likeness (QED) is 0.135. The third-order valence-corrected chi connectivity index (χ3v) is 8.11. The fourth-order valence-electron chi connectivity index (χ4n) is 4.83. The van der Waals surface area contributed by atoms with E-state index in [1.54, 1.807) is 6.20 Å². The van der Waals surface area contributed by atoms with Crippen molar-refractivity contribution in [3.63, 3.8) is 0 Å². The van der Waals surface area contributed by atoms with Gasteiger partial charge in [0.05, 0.1) is 40.2 Å². The van der Waals surface area contributed by atoms with Crippen molar-refractivity contribution >= 4 is 61.8 Å². The molecule has 0 aliphatic carbocycles. The fraction of sp³-hybridized carbons (Fsp3) is 0.312. The zero-order valence-electron chi connectivity index (χ0n) is 27.8. The third kappa shape index (κ3) is 8.43. The Morgan fingerprint density at radius 2 is 1.28 bits per heavy atom. The highest BCUT2D eigenvalue weighted by atomic mass is 79.9. The van der Waals surface area contributed by atoms with Crippen molar-refractivity contribution in [2.24, 2.45) is 0 Å². The number of nitrogen functional groups attached to an aromatic ring is 2. The van der Waals surface area contributed by atoms with E-state index in [1.165, 1.54) is 18.8 Å². The maximum Gasteiger partial charge on any atom is 0.328 e. The molecule has 0 amide bonds. The summed E-state index contributed by atoms with van der Waals surface area (Å²) in [5.41, 5.74) is 17.3. The van der Waals surface area contributed by atoms with Gasteiger partial charge in [-0.1, -0.05) is 12.1 Å². The van der Waals surface area contributed by atoms with E-state index in [2.05, 4.69) is 65.3 Å². The number of imidazole rings is 2. The lowest BCUT2D eigenvalue weighted by Gasteiger charge is -2.07. The molecule has 18 heteroatoms. The average Bonchev–Trinajstić information content (AvgIpc) is 3.59. The van der Waals surface area contributed by atoms with Crippen LogP contribution in [0.4, 0.5) is 11.6 Å². The Bertz CT molecular complexity index is 2210. The van der Waals surface area contributed by atoms with Gasteiger partial charge in [-0.3, -0.25) is 28.7 Å². The molecule has 17 nitrogen and oxygen atoms in total. The number of hydrogen-bond donors (Lipinski definition) is 3. The molecule has 5 N–H and O–H groups in total. The van der Waals surface area contributed by atoms with Gasteiger partial charge in [0.1, 0.15) is 17.2 Å². The number of hydrogen-bond acceptors (Lipinski definition) is 14. The molecule has 0 aromatic carbocycles. The Hall–Kier alpha value is -5.78. The molecule has 0 atom stereocenters. The van der Waals surface area contributed by atoms with Gasteiger partial charge in [0.25, 0.3) is 0 Å². The zero-order valence-corrected chi connectivity index (χ0v) is 29.4. The highest BCUT2D eigenvalue weighted by Crippen LogP contribution is 2.24. The van der Waals surface area contributed by atoms with Crippen LogP contribution in [-0.4, -0.2) is 75.2 Å². The van der Waals surface area contributed by atoms with Crippen molar-refractivity contribution < 1.29 is 19.1 Å². The van der Waals surface area contributed by atoms with E-state index in [0.717, 1.165) is 22.5 Å². The largest absolute Gasteiger partial charge is 0.469 e. The number of halogens is 1. The standard InChI is InChI=1S/C16H17BrN6O2.C16H18N6O3/c1-9-3-4-10(7-19-9)8-23-15-13(22-16(23)17)14(18)20-11(21-15)5-6-12(24)25-2;1-9-3-4-10(7-18-9)8-22-15-13(21-16(22)24)14(17)19-11(20-15)5-6-12(23)25-2/h3-4,7H,5-6,8H2,1-2H3,(H2,18,20,21);3-4,7H,5-6,8H2,1-2H3,(H,21,24)(H2,17,19,20). The number of anilines is 2. The van der Waals surface area contributed by atoms with Crippen LogP contribution < -0.4 is 17.2 Å². The number of aromatic nitrogens is 10. The SMILES string of the molecule is COC(=O)CCc1nc(N)c2[nH]c(=O)n(Cc3ccc(C)nc3)c2n1.COC(=O)CCc1nc(N)c2nc(Br)n(Cc3ccc(C)nc3)c2n1. The average molecular weight is 748 g/mol. The van der Waals surface area contributed by atoms with Crippen molar-refractivity contribution in [3.05, 3.63) is 86.0 Å². The Balaban J connectivity index is 0.000000194. The molecule has 0 saturated heterocycles. The van der Waals surface area contributed by atoms with Gasteiger partial charge in [0.2, 0.25) is 0 Å². The number of carbonyl (C=O) groups excluding carboxylic acids is 2. The van der Waals surface area contributed by atoms with E-state index < -0.39 is 0 Å². The smallest absolute Gasteiger partial charge is 0.328 e. The lowest BCUT2D eigenvalue weighted by molar-refractivity contribution is -0.141. The number of aryl methyl sites for hydroxylation is 4. The summed E-state index contributed by atoms with van der Waals surface area (Å²) in [4.78, 5) is 67.8. The molecule has 6 rings (SSSR count). The number of esters is 2. The minimum atomic E-state index is -0.362. The van der Waals surface area contributed by atoms with Crippen LogP contribution in [0, 0.1) is 13.8 Å². The maximum absolute atomic E-state index is 12.3. The van der Waals surface area contributed by atoms with Gasteiger partial charge in [0.15, 0.2) is 33.2 Å². The molecule has 0 spiro atoms. The van der Waals surface area contributed by atoms with Crippen LogP contribution >= 0.6 is 15.9 Å². The van der Waals surface area contributed by atoms with Gasteiger partial charge in [0, 0.05) is 36.6 Å². The van der Waals surface area contributed by atoms with Crippen LogP contribution in [0.25, 0.3) is 22.3 Å². The third-order valence-electron chi connectivity index (χ3n) is 7.51. The number of methoxy groups -OCH3 is 2. The number of H-pyrrole nitrogens is 1. The van der Waals surface area contributed by atoms with E-state index in [9.17, 15) is 14.4 Å². The van der Waals surface area contributed by atoms with Gasteiger partial charge < -0.3 is 25.9 Å². The second kappa shape index (κ2) is 15.6. The second-order valence-corrected chi connectivity index (χ2v) is 11.9. The Kier molecular flexibility index (Phi) is 11.1. The minimum absolute atomic E-state index is 0.137. The number of aromatic amines is 1. The molecule has 0 bridgehead atoms. The Labute approximate surface area is 293 Å². The van der Waals surface area contributed by atoms with Gasteiger partial charge in [-0.05, 0) is 53.0 Å². The van der Waals surface area contributed by atoms with Crippen LogP contribution in [0.15, 0.2) is 46.2 Å². The number of ether oxygens (including phenoxy) is 2. The lowest BCUT2D eigenvalue weighted by Crippen LogP contribution is -2.18. The number of nitrogens with zero attached hydrogens (tertiary/aromatic N) is 9. The van der Waals surface area contributed by atoms with Gasteiger partial charge in [-0.2, -0.15) is 0 Å². The molecule has 0 aliphatic heterocycles. The van der Waals surface area contributed by atoms with Crippen LogP contribution in [0.1, 0.15) is 47.0 Å². The van der Waals surface area contributed by atoms with E-state index in [-0.39, 0.29) is 48.5 Å². The summed E-state index contributed by atoms with van der Waals surface area (Å²) in [7, 11) is 2.67. The maximum atomic E-state index is 12.3. The van der Waals surface area contributed by atoms with Crippen molar-refractivity contribution in [2.75, 3.05) is 25.7 Å². The first-order chi connectivity index (χ1) is 23.9. The first kappa shape index (κ1) is 35.5. The number of rotatable bonds is 10. The number of carbonyl (C=O) groups is 2. The van der Waals surface area contributed by atoms with E-state index in [0.29, 0.717) is 58.2 Å².